The largest absolute Gasteiger partial charge is 0.307 e. The van der Waals surface area contributed by atoms with Crippen molar-refractivity contribution in [3.63, 3.8) is 0 Å². The molecule has 0 aromatic carbocycles. The average Bonchev–Trinajstić information content (AvgIpc) is 2.97. The fourth-order valence-corrected chi connectivity index (χ4v) is 1.34. The van der Waals surface area contributed by atoms with Crippen molar-refractivity contribution >= 4 is 11.6 Å². The molecule has 88 valence electrons. The molecule has 0 N–H and O–H groups in total. The Labute approximate surface area is 95.6 Å². The van der Waals surface area contributed by atoms with E-state index in [2.05, 4.69) is 10.2 Å². The molecule has 0 aliphatic heterocycles. The third-order valence-corrected chi connectivity index (χ3v) is 2.28. The second-order valence-electron chi connectivity index (χ2n) is 3.40. The van der Waals surface area contributed by atoms with Gasteiger partial charge in [-0.15, -0.1) is 0 Å². The number of nitrogens with zero attached hydrogens (tertiary/aromatic N) is 5. The maximum absolute atomic E-state index is 11.9. The highest BCUT2D eigenvalue weighted by Crippen LogP contribution is 2.13. The Balaban J connectivity index is 2.22. The number of nitro groups is 1. The van der Waals surface area contributed by atoms with E-state index in [9.17, 15) is 14.9 Å². The summed E-state index contributed by atoms with van der Waals surface area (Å²) in [6, 6.07) is 0.972. The van der Waals surface area contributed by atoms with Gasteiger partial charge in [-0.05, 0) is 13.0 Å². The molecule has 17 heavy (non-hydrogen) atoms. The fraction of sp³-hybridized carbons (Fsp3) is 0.222. The Hall–Kier alpha value is -2.51. The lowest BCUT2D eigenvalue weighted by Gasteiger charge is -2.09. The molecule has 2 heterocycles. The van der Waals surface area contributed by atoms with Crippen molar-refractivity contribution in [2.45, 2.75) is 13.0 Å². The van der Waals surface area contributed by atoms with Crippen LogP contribution in [0.2, 0.25) is 0 Å². The second kappa shape index (κ2) is 4.16. The Morgan fingerprint density at radius 1 is 1.53 bits per heavy atom. The first kappa shape index (κ1) is 11.0. The maximum atomic E-state index is 11.9. The van der Waals surface area contributed by atoms with Crippen LogP contribution in [-0.2, 0) is 0 Å². The van der Waals surface area contributed by atoms with Crippen LogP contribution < -0.4 is 0 Å². The van der Waals surface area contributed by atoms with Crippen LogP contribution in [0.25, 0.3) is 0 Å². The van der Waals surface area contributed by atoms with Gasteiger partial charge in [-0.25, -0.2) is 4.68 Å². The van der Waals surface area contributed by atoms with Crippen LogP contribution in [0.3, 0.4) is 0 Å². The van der Waals surface area contributed by atoms with E-state index in [0.29, 0.717) is 0 Å². The van der Waals surface area contributed by atoms with Gasteiger partial charge in [0.1, 0.15) is 18.4 Å². The highest BCUT2D eigenvalue weighted by Gasteiger charge is 2.20. The van der Waals surface area contributed by atoms with E-state index >= 15 is 0 Å². The molecule has 2 aromatic heterocycles. The molecular weight excluding hydrogens is 226 g/mol. The summed E-state index contributed by atoms with van der Waals surface area (Å²) in [7, 11) is 0. The van der Waals surface area contributed by atoms with Crippen molar-refractivity contribution in [1.29, 1.82) is 0 Å². The lowest BCUT2D eigenvalue weighted by Crippen LogP contribution is -2.23. The van der Waals surface area contributed by atoms with Crippen LogP contribution in [0.4, 0.5) is 5.69 Å². The molecule has 0 bridgehead atoms. The molecule has 2 aromatic rings. The van der Waals surface area contributed by atoms with Gasteiger partial charge in [0.15, 0.2) is 0 Å². The molecule has 0 radical (unpaired) electrons. The topological polar surface area (TPSA) is 95.8 Å². The number of rotatable bonds is 3. The number of aromatic nitrogens is 4. The van der Waals surface area contributed by atoms with Gasteiger partial charge >= 0.3 is 5.69 Å². The maximum Gasteiger partial charge on any atom is 0.307 e. The normalized spacial score (nSPS) is 12.3. The molecule has 0 aliphatic rings. The molecular formula is C9H9N5O3. The van der Waals surface area contributed by atoms with Crippen molar-refractivity contribution in [3.8, 4) is 0 Å². The smallest absolute Gasteiger partial charge is 0.270 e. The molecule has 0 spiro atoms. The van der Waals surface area contributed by atoms with E-state index in [1.807, 2.05) is 0 Å². The number of carbonyl (C=O) groups excluding carboxylic acids is 1. The van der Waals surface area contributed by atoms with E-state index in [1.54, 1.807) is 13.0 Å². The molecule has 0 aliphatic carbocycles. The molecule has 0 saturated heterocycles. The minimum absolute atomic E-state index is 0.148. The van der Waals surface area contributed by atoms with Crippen LogP contribution in [0.15, 0.2) is 30.9 Å². The molecule has 2 rings (SSSR count). The third-order valence-electron chi connectivity index (χ3n) is 2.28. The van der Waals surface area contributed by atoms with Crippen molar-refractivity contribution in [3.05, 3.63) is 41.0 Å². The lowest BCUT2D eigenvalue weighted by molar-refractivity contribution is -0.385. The van der Waals surface area contributed by atoms with Crippen molar-refractivity contribution in [1.82, 2.24) is 19.6 Å². The lowest BCUT2D eigenvalue weighted by atomic mass is 10.3. The van der Waals surface area contributed by atoms with Gasteiger partial charge in [-0.3, -0.25) is 19.6 Å². The summed E-state index contributed by atoms with van der Waals surface area (Å²) in [6.45, 7) is 1.60. The minimum Gasteiger partial charge on any atom is -0.270 e. The first-order valence-electron chi connectivity index (χ1n) is 4.82. The highest BCUT2D eigenvalue weighted by molar-refractivity contribution is 5.81. The summed E-state index contributed by atoms with van der Waals surface area (Å²) in [5.41, 5.74) is -0.148. The Morgan fingerprint density at radius 2 is 2.29 bits per heavy atom. The van der Waals surface area contributed by atoms with Crippen LogP contribution >= 0.6 is 0 Å². The summed E-state index contributed by atoms with van der Waals surface area (Å²) in [5.74, 6) is -0.312. The molecule has 8 nitrogen and oxygen atoms in total. The number of carbonyl (C=O) groups is 1. The van der Waals surface area contributed by atoms with Gasteiger partial charge in [-0.1, -0.05) is 0 Å². The zero-order chi connectivity index (χ0) is 12.4. The molecule has 1 unspecified atom stereocenters. The van der Waals surface area contributed by atoms with Gasteiger partial charge in [0.25, 0.3) is 5.91 Å². The van der Waals surface area contributed by atoms with Crippen LogP contribution in [0.1, 0.15) is 17.8 Å². The van der Waals surface area contributed by atoms with Crippen LogP contribution in [0.5, 0.6) is 0 Å². The van der Waals surface area contributed by atoms with E-state index < -0.39 is 11.0 Å². The quantitative estimate of drug-likeness (QED) is 0.581. The first-order valence-corrected chi connectivity index (χ1v) is 4.82. The molecule has 0 saturated carbocycles. The van der Waals surface area contributed by atoms with Crippen molar-refractivity contribution in [2.24, 2.45) is 0 Å². The Kier molecular flexibility index (Phi) is 2.69. The van der Waals surface area contributed by atoms with Gasteiger partial charge in [0, 0.05) is 12.4 Å². The molecule has 0 fully saturated rings. The summed E-state index contributed by atoms with van der Waals surface area (Å²) >= 11 is 0. The SMILES string of the molecule is CC(C(=O)n1cccn1)n1cc([N+](=O)[O-])cn1. The van der Waals surface area contributed by atoms with Crippen LogP contribution in [-0.4, -0.2) is 30.4 Å². The average molecular weight is 235 g/mol. The Bertz CT molecular complexity index is 545. The zero-order valence-electron chi connectivity index (χ0n) is 8.92. The van der Waals surface area contributed by atoms with Gasteiger partial charge < -0.3 is 0 Å². The second-order valence-corrected chi connectivity index (χ2v) is 3.40. The third kappa shape index (κ3) is 2.05. The standard InChI is InChI=1S/C9H9N5O3/c1-7(9(15)12-4-2-3-10-12)13-6-8(5-11-13)14(16)17/h2-7H,1H3. The first-order chi connectivity index (χ1) is 8.09. The summed E-state index contributed by atoms with van der Waals surface area (Å²) in [4.78, 5) is 21.8. The predicted octanol–water partition coefficient (Wildman–Crippen LogP) is 0.889. The van der Waals surface area contributed by atoms with Gasteiger partial charge in [0.2, 0.25) is 0 Å². The van der Waals surface area contributed by atoms with Crippen LogP contribution in [0, 0.1) is 10.1 Å². The Morgan fingerprint density at radius 3 is 2.82 bits per heavy atom. The van der Waals surface area contributed by atoms with Gasteiger partial charge in [0.05, 0.1) is 4.92 Å². The number of hydrogen-bond acceptors (Lipinski definition) is 5. The molecule has 1 atom stereocenters. The number of hydrogen-bond donors (Lipinski definition) is 0. The summed E-state index contributed by atoms with van der Waals surface area (Å²) < 4.78 is 2.40. The summed E-state index contributed by atoms with van der Waals surface area (Å²) in [6.07, 6.45) is 5.31. The summed E-state index contributed by atoms with van der Waals surface area (Å²) in [5, 5.41) is 18.1. The fourth-order valence-electron chi connectivity index (χ4n) is 1.34. The zero-order valence-corrected chi connectivity index (χ0v) is 8.92. The molecule has 8 heteroatoms. The van der Waals surface area contributed by atoms with Crippen molar-refractivity contribution < 1.29 is 9.72 Å². The molecule has 0 amide bonds. The predicted molar refractivity (Wildman–Crippen MR) is 56.4 cm³/mol. The van der Waals surface area contributed by atoms with E-state index in [-0.39, 0.29) is 11.6 Å². The monoisotopic (exact) mass is 235 g/mol. The van der Waals surface area contributed by atoms with Gasteiger partial charge in [-0.2, -0.15) is 10.2 Å². The van der Waals surface area contributed by atoms with Crippen molar-refractivity contribution in [2.75, 3.05) is 0 Å². The van der Waals surface area contributed by atoms with E-state index in [0.717, 1.165) is 10.9 Å². The minimum atomic E-state index is -0.649. The highest BCUT2D eigenvalue weighted by atomic mass is 16.6. The van der Waals surface area contributed by atoms with E-state index in [1.165, 1.54) is 23.3 Å². The van der Waals surface area contributed by atoms with E-state index in [4.69, 9.17) is 0 Å².